The minimum absolute atomic E-state index is 0.0557. The Labute approximate surface area is 148 Å². The highest BCUT2D eigenvalue weighted by Crippen LogP contribution is 2.36. The molecule has 0 spiro atoms. The molecule has 2 aromatic heterocycles. The number of carbonyl (C=O) groups excluding carboxylic acids is 1. The zero-order valence-corrected chi connectivity index (χ0v) is 15.1. The van der Waals surface area contributed by atoms with Crippen molar-refractivity contribution in [1.82, 2.24) is 15.0 Å². The van der Waals surface area contributed by atoms with Crippen LogP contribution in [-0.4, -0.2) is 37.0 Å². The third-order valence-electron chi connectivity index (χ3n) is 3.29. The Morgan fingerprint density at radius 2 is 2.22 bits per heavy atom. The van der Waals surface area contributed by atoms with Crippen LogP contribution in [0.1, 0.15) is 10.5 Å². The molecule has 3 aromatic rings. The van der Waals surface area contributed by atoms with Gasteiger partial charge in [-0.2, -0.15) is 0 Å². The van der Waals surface area contributed by atoms with Gasteiger partial charge in [0.15, 0.2) is 5.78 Å². The number of H-pyrrole nitrogens is 1. The van der Waals surface area contributed by atoms with Crippen molar-refractivity contribution in [3.05, 3.63) is 45.9 Å². The molecule has 2 heterocycles. The van der Waals surface area contributed by atoms with Gasteiger partial charge in [-0.05, 0) is 34.1 Å². The minimum atomic E-state index is -1.23. The number of benzene rings is 1. The second kappa shape index (κ2) is 6.51. The van der Waals surface area contributed by atoms with Crippen LogP contribution in [0.4, 0.5) is 0 Å². The zero-order chi connectivity index (χ0) is 16.6. The molecule has 118 valence electrons. The SMILES string of the molecule is CS(=O)CC(=O)c1[nH]c2cc(Br)c(Cl)cc2c1-c1ccncn1. The fraction of sp³-hybridized carbons (Fsp3) is 0.133. The number of ketones is 1. The Morgan fingerprint density at radius 3 is 2.87 bits per heavy atom. The van der Waals surface area contributed by atoms with Crippen LogP contribution in [0.3, 0.4) is 0 Å². The average molecular weight is 413 g/mol. The first kappa shape index (κ1) is 16.3. The molecule has 0 aliphatic heterocycles. The second-order valence-electron chi connectivity index (χ2n) is 4.92. The highest BCUT2D eigenvalue weighted by molar-refractivity contribution is 9.10. The van der Waals surface area contributed by atoms with Crippen molar-refractivity contribution in [3.63, 3.8) is 0 Å². The van der Waals surface area contributed by atoms with E-state index in [1.54, 1.807) is 18.3 Å². The number of halogens is 2. The van der Waals surface area contributed by atoms with Crippen LogP contribution < -0.4 is 0 Å². The molecule has 3 rings (SSSR count). The van der Waals surface area contributed by atoms with Crippen molar-refractivity contribution in [1.29, 1.82) is 0 Å². The van der Waals surface area contributed by atoms with Crippen molar-refractivity contribution < 1.29 is 9.00 Å². The summed E-state index contributed by atoms with van der Waals surface area (Å²) >= 11 is 9.57. The van der Waals surface area contributed by atoms with Gasteiger partial charge >= 0.3 is 0 Å². The number of hydrogen-bond donors (Lipinski definition) is 1. The third kappa shape index (κ3) is 3.22. The summed E-state index contributed by atoms with van der Waals surface area (Å²) < 4.78 is 12.1. The lowest BCUT2D eigenvalue weighted by Gasteiger charge is -2.03. The van der Waals surface area contributed by atoms with Gasteiger partial charge in [-0.3, -0.25) is 9.00 Å². The summed E-state index contributed by atoms with van der Waals surface area (Å²) in [6.07, 6.45) is 4.52. The number of nitrogens with one attached hydrogen (secondary N) is 1. The summed E-state index contributed by atoms with van der Waals surface area (Å²) in [5.74, 6) is -0.289. The van der Waals surface area contributed by atoms with E-state index in [9.17, 15) is 9.00 Å². The predicted octanol–water partition coefficient (Wildman–Crippen LogP) is 3.60. The quantitative estimate of drug-likeness (QED) is 0.664. The number of nitrogens with zero attached hydrogens (tertiary/aromatic N) is 2. The maximum absolute atomic E-state index is 12.5. The molecule has 0 saturated heterocycles. The minimum Gasteiger partial charge on any atom is -0.351 e. The number of Topliss-reactive ketones (excluding diaryl/α,β-unsaturated/α-hetero) is 1. The number of aromatic amines is 1. The maximum atomic E-state index is 12.5. The van der Waals surface area contributed by atoms with Gasteiger partial charge in [0.05, 0.1) is 22.2 Å². The predicted molar refractivity (Wildman–Crippen MR) is 95.3 cm³/mol. The molecule has 5 nitrogen and oxygen atoms in total. The molecule has 0 fully saturated rings. The topological polar surface area (TPSA) is 75.7 Å². The molecule has 0 radical (unpaired) electrons. The van der Waals surface area contributed by atoms with E-state index in [1.165, 1.54) is 12.6 Å². The Balaban J connectivity index is 2.30. The van der Waals surface area contributed by atoms with E-state index in [2.05, 4.69) is 30.9 Å². The first-order chi connectivity index (χ1) is 11.0. The Bertz CT molecular complexity index is 927. The fourth-order valence-electron chi connectivity index (χ4n) is 2.36. The highest BCUT2D eigenvalue weighted by atomic mass is 79.9. The summed E-state index contributed by atoms with van der Waals surface area (Å²) in [7, 11) is -1.23. The van der Waals surface area contributed by atoms with Gasteiger partial charge in [0.1, 0.15) is 6.33 Å². The van der Waals surface area contributed by atoms with Gasteiger partial charge in [0, 0.05) is 44.2 Å². The normalized spacial score (nSPS) is 12.5. The zero-order valence-electron chi connectivity index (χ0n) is 12.0. The van der Waals surface area contributed by atoms with Gasteiger partial charge < -0.3 is 4.98 Å². The number of aromatic nitrogens is 3. The molecule has 0 saturated carbocycles. The van der Waals surface area contributed by atoms with E-state index in [0.29, 0.717) is 22.0 Å². The first-order valence-electron chi connectivity index (χ1n) is 6.57. The van der Waals surface area contributed by atoms with E-state index >= 15 is 0 Å². The monoisotopic (exact) mass is 411 g/mol. The highest BCUT2D eigenvalue weighted by Gasteiger charge is 2.21. The lowest BCUT2D eigenvalue weighted by Crippen LogP contribution is -2.11. The standard InChI is InChI=1S/C15H11BrClN3O2S/c1-23(22)6-13(21)15-14(11-2-3-18-7-19-11)8-4-10(17)9(16)5-12(8)20-15/h2-5,7,20H,6H2,1H3. The summed E-state index contributed by atoms with van der Waals surface area (Å²) in [6, 6.07) is 5.30. The van der Waals surface area contributed by atoms with E-state index < -0.39 is 10.8 Å². The van der Waals surface area contributed by atoms with Gasteiger partial charge in [0.25, 0.3) is 0 Å². The van der Waals surface area contributed by atoms with Crippen molar-refractivity contribution in [3.8, 4) is 11.3 Å². The van der Waals surface area contributed by atoms with Crippen LogP contribution in [0.2, 0.25) is 5.02 Å². The van der Waals surface area contributed by atoms with E-state index in [-0.39, 0.29) is 11.5 Å². The molecule has 1 atom stereocenters. The van der Waals surface area contributed by atoms with Crippen LogP contribution in [-0.2, 0) is 10.8 Å². The second-order valence-corrected chi connectivity index (χ2v) is 7.62. The Hall–Kier alpha value is -1.57. The largest absolute Gasteiger partial charge is 0.351 e. The van der Waals surface area contributed by atoms with Crippen molar-refractivity contribution in [2.24, 2.45) is 0 Å². The summed E-state index contributed by atoms with van der Waals surface area (Å²) in [6.45, 7) is 0. The van der Waals surface area contributed by atoms with Crippen LogP contribution >= 0.6 is 27.5 Å². The lowest BCUT2D eigenvalue weighted by atomic mass is 10.1. The van der Waals surface area contributed by atoms with Crippen molar-refractivity contribution in [2.45, 2.75) is 0 Å². The van der Waals surface area contributed by atoms with Gasteiger partial charge in [-0.1, -0.05) is 11.6 Å². The molecular weight excluding hydrogens is 402 g/mol. The fourth-order valence-corrected chi connectivity index (χ4v) is 3.38. The molecule has 0 bridgehead atoms. The third-order valence-corrected chi connectivity index (χ3v) is 5.16. The van der Waals surface area contributed by atoms with Crippen molar-refractivity contribution in [2.75, 3.05) is 12.0 Å². The van der Waals surface area contributed by atoms with Crippen LogP contribution in [0.5, 0.6) is 0 Å². The summed E-state index contributed by atoms with van der Waals surface area (Å²) in [5.41, 5.74) is 2.38. The summed E-state index contributed by atoms with van der Waals surface area (Å²) in [5, 5.41) is 1.31. The lowest BCUT2D eigenvalue weighted by molar-refractivity contribution is 0.101. The van der Waals surface area contributed by atoms with Gasteiger partial charge in [0.2, 0.25) is 0 Å². The van der Waals surface area contributed by atoms with E-state index in [0.717, 1.165) is 15.4 Å². The molecule has 1 N–H and O–H groups in total. The first-order valence-corrected chi connectivity index (χ1v) is 9.47. The maximum Gasteiger partial charge on any atom is 0.192 e. The van der Waals surface area contributed by atoms with Crippen molar-refractivity contribution >= 4 is 55.0 Å². The van der Waals surface area contributed by atoms with E-state index in [1.807, 2.05) is 6.07 Å². The van der Waals surface area contributed by atoms with Crippen LogP contribution in [0.25, 0.3) is 22.2 Å². The Kier molecular flexibility index (Phi) is 4.61. The molecule has 0 aliphatic carbocycles. The summed E-state index contributed by atoms with van der Waals surface area (Å²) in [4.78, 5) is 23.7. The average Bonchev–Trinajstić information content (AvgIpc) is 2.86. The van der Waals surface area contributed by atoms with Gasteiger partial charge in [-0.25, -0.2) is 9.97 Å². The number of fused-ring (bicyclic) bond motifs is 1. The number of rotatable bonds is 4. The molecule has 8 heteroatoms. The molecule has 1 unspecified atom stereocenters. The van der Waals surface area contributed by atoms with Gasteiger partial charge in [-0.15, -0.1) is 0 Å². The molecule has 1 aromatic carbocycles. The smallest absolute Gasteiger partial charge is 0.192 e. The van der Waals surface area contributed by atoms with Crippen LogP contribution in [0, 0.1) is 0 Å². The number of hydrogen-bond acceptors (Lipinski definition) is 4. The molecular formula is C15H11BrClN3O2S. The van der Waals surface area contributed by atoms with E-state index in [4.69, 9.17) is 11.6 Å². The molecule has 0 aliphatic rings. The number of carbonyl (C=O) groups is 1. The molecule has 23 heavy (non-hydrogen) atoms. The Morgan fingerprint density at radius 1 is 1.43 bits per heavy atom. The molecule has 0 amide bonds. The van der Waals surface area contributed by atoms with Crippen LogP contribution in [0.15, 0.2) is 35.2 Å².